The summed E-state index contributed by atoms with van der Waals surface area (Å²) in [7, 11) is 1.94. The molecular weight excluding hydrogens is 278 g/mol. The SMILES string of the molecule is CNC(CSc1ncns1)c1cc2ccccc2o1. The summed E-state index contributed by atoms with van der Waals surface area (Å²) in [6, 6.07) is 10.3. The fourth-order valence-corrected chi connectivity index (χ4v) is 3.45. The minimum atomic E-state index is 0.168. The van der Waals surface area contributed by atoms with Crippen LogP contribution in [-0.4, -0.2) is 22.2 Å². The van der Waals surface area contributed by atoms with Gasteiger partial charge in [-0.1, -0.05) is 30.0 Å². The average Bonchev–Trinajstić information content (AvgIpc) is 3.08. The molecule has 0 saturated heterocycles. The van der Waals surface area contributed by atoms with Crippen LogP contribution < -0.4 is 5.32 Å². The molecule has 4 nitrogen and oxygen atoms in total. The van der Waals surface area contributed by atoms with Crippen molar-refractivity contribution in [3.63, 3.8) is 0 Å². The van der Waals surface area contributed by atoms with Gasteiger partial charge in [0.2, 0.25) is 0 Å². The van der Waals surface area contributed by atoms with Gasteiger partial charge >= 0.3 is 0 Å². The number of rotatable bonds is 5. The molecule has 98 valence electrons. The molecule has 3 rings (SSSR count). The fourth-order valence-electron chi connectivity index (χ4n) is 1.86. The average molecular weight is 291 g/mol. The first-order valence-corrected chi connectivity index (χ1v) is 7.68. The van der Waals surface area contributed by atoms with Crippen molar-refractivity contribution in [3.05, 3.63) is 42.4 Å². The number of fused-ring (bicyclic) bond motifs is 1. The van der Waals surface area contributed by atoms with Gasteiger partial charge < -0.3 is 9.73 Å². The maximum atomic E-state index is 5.88. The van der Waals surface area contributed by atoms with Gasteiger partial charge in [-0.05, 0) is 30.7 Å². The standard InChI is InChI=1S/C13H13N3OS2/c1-14-10(7-18-13-15-8-16-19-13)12-6-9-4-2-3-5-11(9)17-12/h2-6,8,10,14H,7H2,1H3. The van der Waals surface area contributed by atoms with Crippen LogP contribution in [0.5, 0.6) is 0 Å². The zero-order valence-corrected chi connectivity index (χ0v) is 12.0. The van der Waals surface area contributed by atoms with Crippen LogP contribution >= 0.6 is 23.3 Å². The van der Waals surface area contributed by atoms with E-state index in [0.717, 1.165) is 26.8 Å². The molecule has 0 amide bonds. The van der Waals surface area contributed by atoms with E-state index in [1.165, 1.54) is 11.5 Å². The molecule has 0 spiro atoms. The van der Waals surface area contributed by atoms with E-state index in [0.29, 0.717) is 0 Å². The highest BCUT2D eigenvalue weighted by molar-refractivity contribution is 8.00. The van der Waals surface area contributed by atoms with Crippen LogP contribution in [0.1, 0.15) is 11.8 Å². The summed E-state index contributed by atoms with van der Waals surface area (Å²) in [5.41, 5.74) is 0.929. The number of hydrogen-bond acceptors (Lipinski definition) is 6. The lowest BCUT2D eigenvalue weighted by Crippen LogP contribution is -2.17. The number of para-hydroxylation sites is 1. The van der Waals surface area contributed by atoms with E-state index >= 15 is 0 Å². The third-order valence-corrected chi connectivity index (χ3v) is 4.74. The summed E-state index contributed by atoms with van der Waals surface area (Å²) in [4.78, 5) is 4.17. The van der Waals surface area contributed by atoms with Gasteiger partial charge in [0.05, 0.1) is 6.04 Å². The van der Waals surface area contributed by atoms with Crippen molar-refractivity contribution in [2.24, 2.45) is 0 Å². The minimum absolute atomic E-state index is 0.168. The lowest BCUT2D eigenvalue weighted by atomic mass is 10.2. The number of nitrogens with one attached hydrogen (secondary N) is 1. The van der Waals surface area contributed by atoms with E-state index in [-0.39, 0.29) is 6.04 Å². The first-order valence-electron chi connectivity index (χ1n) is 5.92. The molecule has 0 radical (unpaired) electrons. The predicted octanol–water partition coefficient (Wildman–Crippen LogP) is 3.34. The Balaban J connectivity index is 1.77. The number of hydrogen-bond donors (Lipinski definition) is 1. The monoisotopic (exact) mass is 291 g/mol. The topological polar surface area (TPSA) is 51.0 Å². The lowest BCUT2D eigenvalue weighted by molar-refractivity contribution is 0.479. The van der Waals surface area contributed by atoms with Gasteiger partial charge in [-0.25, -0.2) is 4.98 Å². The molecule has 0 aliphatic carbocycles. The molecule has 2 heterocycles. The van der Waals surface area contributed by atoms with E-state index in [9.17, 15) is 0 Å². The van der Waals surface area contributed by atoms with Crippen molar-refractivity contribution in [2.75, 3.05) is 12.8 Å². The van der Waals surface area contributed by atoms with Gasteiger partial charge in [0.1, 0.15) is 17.7 Å². The second-order valence-corrected chi connectivity index (χ2v) is 6.09. The van der Waals surface area contributed by atoms with Crippen LogP contribution in [-0.2, 0) is 0 Å². The summed E-state index contributed by atoms with van der Waals surface area (Å²) in [5, 5.41) is 4.42. The number of furan rings is 1. The third-order valence-electron chi connectivity index (χ3n) is 2.85. The first kappa shape index (κ1) is 12.7. The molecule has 6 heteroatoms. The van der Waals surface area contributed by atoms with Crippen LogP contribution in [0.2, 0.25) is 0 Å². The molecule has 2 aromatic heterocycles. The molecular formula is C13H13N3OS2. The van der Waals surface area contributed by atoms with Crippen molar-refractivity contribution in [1.29, 1.82) is 0 Å². The van der Waals surface area contributed by atoms with Crippen LogP contribution in [0.15, 0.2) is 45.4 Å². The highest BCUT2D eigenvalue weighted by Crippen LogP contribution is 2.28. The quantitative estimate of drug-likeness (QED) is 0.731. The van der Waals surface area contributed by atoms with E-state index in [4.69, 9.17) is 4.42 Å². The van der Waals surface area contributed by atoms with Crippen LogP contribution in [0, 0.1) is 0 Å². The summed E-state index contributed by atoms with van der Waals surface area (Å²) in [5.74, 6) is 1.83. The Hall–Kier alpha value is -1.37. The maximum absolute atomic E-state index is 5.88. The van der Waals surface area contributed by atoms with Crippen LogP contribution in [0.3, 0.4) is 0 Å². The first-order chi connectivity index (χ1) is 9.36. The number of benzene rings is 1. The zero-order valence-electron chi connectivity index (χ0n) is 10.4. The summed E-state index contributed by atoms with van der Waals surface area (Å²) in [6.45, 7) is 0. The molecule has 0 aliphatic heterocycles. The summed E-state index contributed by atoms with van der Waals surface area (Å²) < 4.78 is 10.9. The van der Waals surface area contributed by atoms with E-state index in [2.05, 4.69) is 26.8 Å². The third kappa shape index (κ3) is 2.80. The zero-order chi connectivity index (χ0) is 13.1. The number of nitrogens with zero attached hydrogens (tertiary/aromatic N) is 2. The smallest absolute Gasteiger partial charge is 0.169 e. The second kappa shape index (κ2) is 5.73. The Morgan fingerprint density at radius 1 is 1.42 bits per heavy atom. The number of aromatic nitrogens is 2. The van der Waals surface area contributed by atoms with E-state index < -0.39 is 0 Å². The molecule has 0 saturated carbocycles. The van der Waals surface area contributed by atoms with Gasteiger partial charge in [-0.2, -0.15) is 4.37 Å². The normalized spacial score (nSPS) is 12.9. The van der Waals surface area contributed by atoms with Crippen molar-refractivity contribution < 1.29 is 4.42 Å². The van der Waals surface area contributed by atoms with E-state index in [1.54, 1.807) is 18.1 Å². The molecule has 1 atom stereocenters. The Bertz CT molecular complexity index is 618. The highest BCUT2D eigenvalue weighted by Gasteiger charge is 2.15. The minimum Gasteiger partial charge on any atom is -0.459 e. The molecule has 0 fully saturated rings. The van der Waals surface area contributed by atoms with Crippen molar-refractivity contribution in [3.8, 4) is 0 Å². The van der Waals surface area contributed by atoms with Gasteiger partial charge in [0, 0.05) is 11.1 Å². The molecule has 0 bridgehead atoms. The van der Waals surface area contributed by atoms with Crippen molar-refractivity contribution >= 4 is 34.3 Å². The molecule has 0 aliphatic rings. The van der Waals surface area contributed by atoms with Crippen molar-refractivity contribution in [1.82, 2.24) is 14.7 Å². The Morgan fingerprint density at radius 2 is 2.32 bits per heavy atom. The highest BCUT2D eigenvalue weighted by atomic mass is 32.2. The Morgan fingerprint density at radius 3 is 3.05 bits per heavy atom. The number of thioether (sulfide) groups is 1. The van der Waals surface area contributed by atoms with Crippen LogP contribution in [0.4, 0.5) is 0 Å². The van der Waals surface area contributed by atoms with Gasteiger partial charge in [0.25, 0.3) is 0 Å². The molecule has 1 aromatic carbocycles. The van der Waals surface area contributed by atoms with Gasteiger partial charge in [-0.15, -0.1) is 0 Å². The van der Waals surface area contributed by atoms with Gasteiger partial charge in [0.15, 0.2) is 4.34 Å². The summed E-state index contributed by atoms with van der Waals surface area (Å²) >= 11 is 3.11. The Kier molecular flexibility index (Phi) is 3.82. The van der Waals surface area contributed by atoms with Gasteiger partial charge in [-0.3, -0.25) is 0 Å². The largest absolute Gasteiger partial charge is 0.459 e. The molecule has 19 heavy (non-hydrogen) atoms. The molecule has 1 unspecified atom stereocenters. The predicted molar refractivity (Wildman–Crippen MR) is 78.6 cm³/mol. The maximum Gasteiger partial charge on any atom is 0.169 e. The Labute approximate surface area is 119 Å². The summed E-state index contributed by atoms with van der Waals surface area (Å²) in [6.07, 6.45) is 1.59. The molecule has 3 aromatic rings. The second-order valence-electron chi connectivity index (χ2n) is 4.05. The van der Waals surface area contributed by atoms with E-state index in [1.807, 2.05) is 25.2 Å². The van der Waals surface area contributed by atoms with Crippen LogP contribution in [0.25, 0.3) is 11.0 Å². The van der Waals surface area contributed by atoms with Crippen molar-refractivity contribution in [2.45, 2.75) is 10.4 Å². The lowest BCUT2D eigenvalue weighted by Gasteiger charge is -2.11. The fraction of sp³-hybridized carbons (Fsp3) is 0.231. The molecule has 1 N–H and O–H groups in total.